The maximum absolute atomic E-state index is 14.5. The molecule has 9 nitrogen and oxygen atoms in total. The highest BCUT2D eigenvalue weighted by Gasteiger charge is 2.32. The van der Waals surface area contributed by atoms with E-state index in [1.165, 1.54) is 0 Å². The van der Waals surface area contributed by atoms with Crippen LogP contribution in [0, 0.1) is 0 Å². The largest absolute Gasteiger partial charge is 0.488 e. The van der Waals surface area contributed by atoms with Crippen LogP contribution in [0.4, 0.5) is 4.79 Å². The molecular weight excluding hydrogens is 618 g/mol. The molecule has 0 saturated heterocycles. The number of carbonyl (C=O) groups is 2. The third-order valence-corrected chi connectivity index (χ3v) is 8.23. The van der Waals surface area contributed by atoms with E-state index in [1.54, 1.807) is 17.3 Å². The minimum Gasteiger partial charge on any atom is -0.488 e. The van der Waals surface area contributed by atoms with E-state index in [9.17, 15) is 9.59 Å². The van der Waals surface area contributed by atoms with Gasteiger partial charge < -0.3 is 29.2 Å². The van der Waals surface area contributed by atoms with Crippen LogP contribution >= 0.6 is 0 Å². The van der Waals surface area contributed by atoms with E-state index in [-0.39, 0.29) is 43.5 Å². The van der Waals surface area contributed by atoms with Crippen molar-refractivity contribution in [3.05, 3.63) is 120 Å². The number of pyridine rings is 1. The Morgan fingerprint density at radius 3 is 1.98 bits per heavy atom. The summed E-state index contributed by atoms with van der Waals surface area (Å²) in [5, 5.41) is 2.92. The highest BCUT2D eigenvalue weighted by molar-refractivity contribution is 5.86. The van der Waals surface area contributed by atoms with Gasteiger partial charge in [0.2, 0.25) is 5.91 Å². The van der Waals surface area contributed by atoms with E-state index in [2.05, 4.69) is 34.6 Å². The van der Waals surface area contributed by atoms with E-state index in [0.717, 1.165) is 39.1 Å². The molecule has 1 N–H and O–H groups in total. The quantitative estimate of drug-likeness (QED) is 0.135. The molecule has 258 valence electrons. The molecule has 3 aromatic carbocycles. The van der Waals surface area contributed by atoms with Crippen LogP contribution in [0.3, 0.4) is 0 Å². The van der Waals surface area contributed by atoms with Gasteiger partial charge in [0.15, 0.2) is 6.29 Å². The van der Waals surface area contributed by atoms with Crippen LogP contribution in [0.2, 0.25) is 0 Å². The fourth-order valence-corrected chi connectivity index (χ4v) is 6.13. The molecule has 5 rings (SSSR count). The first-order chi connectivity index (χ1) is 23.6. The number of aromatic nitrogens is 1. The monoisotopic (exact) mass is 665 g/mol. The Hall–Kier alpha value is -4.73. The van der Waals surface area contributed by atoms with Crippen molar-refractivity contribution in [2.24, 2.45) is 0 Å². The van der Waals surface area contributed by atoms with Crippen LogP contribution in [0.25, 0.3) is 11.1 Å². The van der Waals surface area contributed by atoms with Crippen molar-refractivity contribution in [2.75, 3.05) is 26.4 Å². The number of fused-ring (bicyclic) bond motifs is 3. The van der Waals surface area contributed by atoms with Crippen LogP contribution in [-0.2, 0) is 32.0 Å². The average Bonchev–Trinajstić information content (AvgIpc) is 3.41. The lowest BCUT2D eigenvalue weighted by Gasteiger charge is -2.31. The number of carbonyl (C=O) groups excluding carboxylic acids is 2. The molecule has 1 aromatic heterocycles. The first-order valence-corrected chi connectivity index (χ1v) is 17.0. The van der Waals surface area contributed by atoms with E-state index < -0.39 is 18.4 Å². The van der Waals surface area contributed by atoms with Gasteiger partial charge in [-0.15, -0.1) is 0 Å². The molecule has 0 saturated carbocycles. The molecule has 0 unspecified atom stereocenters. The van der Waals surface area contributed by atoms with Crippen molar-refractivity contribution < 1.29 is 28.5 Å². The van der Waals surface area contributed by atoms with Crippen molar-refractivity contribution >= 4 is 12.0 Å². The minimum atomic E-state index is -0.934. The summed E-state index contributed by atoms with van der Waals surface area (Å²) in [5.74, 6) is 0.327. The summed E-state index contributed by atoms with van der Waals surface area (Å²) in [7, 11) is 0. The SMILES string of the molecule is CCOC(CN(Cc1ccncc1)C(=O)[C@H](Cc1ccc(OC(C)(C)C)cc1)NC(=O)OCC1c2ccccc2-c2ccccc21)OCC. The molecule has 2 amide bonds. The maximum Gasteiger partial charge on any atom is 0.407 e. The van der Waals surface area contributed by atoms with Gasteiger partial charge in [-0.1, -0.05) is 60.7 Å². The van der Waals surface area contributed by atoms with Crippen LogP contribution in [0.15, 0.2) is 97.3 Å². The topological polar surface area (TPSA) is 99.2 Å². The average molecular weight is 666 g/mol. The Bertz CT molecular complexity index is 1620. The summed E-state index contributed by atoms with van der Waals surface area (Å²) >= 11 is 0. The predicted octanol–water partition coefficient (Wildman–Crippen LogP) is 7.14. The first-order valence-electron chi connectivity index (χ1n) is 17.0. The van der Waals surface area contributed by atoms with Gasteiger partial charge in [0.1, 0.15) is 24.0 Å². The second-order valence-electron chi connectivity index (χ2n) is 13.0. The lowest BCUT2D eigenvalue weighted by molar-refractivity contribution is -0.160. The molecule has 4 aromatic rings. The normalized spacial score (nSPS) is 13.0. The molecule has 1 aliphatic rings. The molecule has 0 fully saturated rings. The zero-order chi connectivity index (χ0) is 34.8. The van der Waals surface area contributed by atoms with Gasteiger partial charge in [0.05, 0.1) is 6.54 Å². The van der Waals surface area contributed by atoms with Gasteiger partial charge >= 0.3 is 6.09 Å². The van der Waals surface area contributed by atoms with Crippen molar-refractivity contribution in [2.45, 2.75) is 71.4 Å². The second kappa shape index (κ2) is 16.6. The van der Waals surface area contributed by atoms with Crippen molar-refractivity contribution in [3.63, 3.8) is 0 Å². The summed E-state index contributed by atoms with van der Waals surface area (Å²) in [6, 6.07) is 26.7. The van der Waals surface area contributed by atoms with Gasteiger partial charge in [-0.3, -0.25) is 9.78 Å². The molecule has 9 heteroatoms. The van der Waals surface area contributed by atoms with Crippen molar-refractivity contribution in [3.8, 4) is 16.9 Å². The van der Waals surface area contributed by atoms with Gasteiger partial charge in [-0.2, -0.15) is 0 Å². The zero-order valence-corrected chi connectivity index (χ0v) is 29.1. The predicted molar refractivity (Wildman–Crippen MR) is 189 cm³/mol. The third-order valence-electron chi connectivity index (χ3n) is 8.23. The Kier molecular flexibility index (Phi) is 12.0. The number of amides is 2. The van der Waals surface area contributed by atoms with Crippen LogP contribution in [-0.4, -0.2) is 66.2 Å². The fourth-order valence-electron chi connectivity index (χ4n) is 6.13. The second-order valence-corrected chi connectivity index (χ2v) is 13.0. The van der Waals surface area contributed by atoms with E-state index in [1.807, 2.05) is 95.3 Å². The maximum atomic E-state index is 14.5. The van der Waals surface area contributed by atoms with Gasteiger partial charge in [-0.05, 0) is 92.3 Å². The lowest BCUT2D eigenvalue weighted by atomic mass is 9.98. The number of alkyl carbamates (subject to hydrolysis) is 1. The van der Waals surface area contributed by atoms with Crippen LogP contribution < -0.4 is 10.1 Å². The zero-order valence-electron chi connectivity index (χ0n) is 29.1. The van der Waals surface area contributed by atoms with Crippen molar-refractivity contribution in [1.82, 2.24) is 15.2 Å². The summed E-state index contributed by atoms with van der Waals surface area (Å²) in [4.78, 5) is 33.8. The summed E-state index contributed by atoms with van der Waals surface area (Å²) < 4.78 is 23.6. The number of nitrogens with zero attached hydrogens (tertiary/aromatic N) is 2. The van der Waals surface area contributed by atoms with E-state index >= 15 is 0 Å². The number of nitrogens with one attached hydrogen (secondary N) is 1. The van der Waals surface area contributed by atoms with Gasteiger partial charge in [0.25, 0.3) is 0 Å². The Morgan fingerprint density at radius 2 is 1.41 bits per heavy atom. The molecule has 1 atom stereocenters. The minimum absolute atomic E-state index is 0.107. The van der Waals surface area contributed by atoms with Gasteiger partial charge in [-0.25, -0.2) is 4.79 Å². The van der Waals surface area contributed by atoms with Crippen molar-refractivity contribution in [1.29, 1.82) is 0 Å². The molecule has 0 aliphatic heterocycles. The number of ether oxygens (including phenoxy) is 4. The number of benzene rings is 3. The molecule has 1 aliphatic carbocycles. The van der Waals surface area contributed by atoms with Crippen LogP contribution in [0.5, 0.6) is 5.75 Å². The molecule has 0 bridgehead atoms. The summed E-state index contributed by atoms with van der Waals surface area (Å²) in [6.07, 6.45) is 2.31. The molecule has 0 radical (unpaired) electrons. The van der Waals surface area contributed by atoms with Gasteiger partial charge in [0, 0.05) is 44.5 Å². The van der Waals surface area contributed by atoms with Crippen LogP contribution in [0.1, 0.15) is 62.8 Å². The van der Waals surface area contributed by atoms with E-state index in [4.69, 9.17) is 18.9 Å². The summed E-state index contributed by atoms with van der Waals surface area (Å²) in [6.45, 7) is 11.2. The number of hydrogen-bond donors (Lipinski definition) is 1. The number of rotatable bonds is 15. The Morgan fingerprint density at radius 1 is 0.816 bits per heavy atom. The third kappa shape index (κ3) is 9.68. The summed E-state index contributed by atoms with van der Waals surface area (Å²) in [5.41, 5.74) is 5.91. The smallest absolute Gasteiger partial charge is 0.407 e. The lowest BCUT2D eigenvalue weighted by Crippen LogP contribution is -2.51. The Labute approximate surface area is 289 Å². The fraction of sp³-hybridized carbons (Fsp3) is 0.375. The molecular formula is C40H47N3O6. The highest BCUT2D eigenvalue weighted by Crippen LogP contribution is 2.44. The van der Waals surface area contributed by atoms with E-state index in [0.29, 0.717) is 13.2 Å². The first kappa shape index (κ1) is 35.6. The number of hydrogen-bond acceptors (Lipinski definition) is 7. The molecule has 1 heterocycles. The highest BCUT2D eigenvalue weighted by atomic mass is 16.7. The molecule has 0 spiro atoms. The molecule has 49 heavy (non-hydrogen) atoms. The Balaban J connectivity index is 1.38. The standard InChI is InChI=1S/C40H47N3O6/c1-6-46-37(47-7-2)26-43(25-29-20-22-41-23-21-29)38(44)36(24-28-16-18-30(19-17-28)49-40(3,4)5)42-39(45)48-27-35-33-14-10-8-12-31(33)32-13-9-11-15-34(32)35/h8-23,35-37H,6-7,24-27H2,1-5H3,(H,42,45)/t36-/m0/s1.